The lowest BCUT2D eigenvalue weighted by Crippen LogP contribution is -2.48. The van der Waals surface area contributed by atoms with Gasteiger partial charge in [-0.2, -0.15) is 0 Å². The van der Waals surface area contributed by atoms with Crippen LogP contribution in [0, 0.1) is 0 Å². The van der Waals surface area contributed by atoms with Crippen LogP contribution in [-0.2, 0) is 22.6 Å². The molecule has 132 valence electrons. The number of benzene rings is 2. The lowest BCUT2D eigenvalue weighted by molar-refractivity contribution is -0.140. The van der Waals surface area contributed by atoms with E-state index in [1.807, 2.05) is 67.6 Å². The van der Waals surface area contributed by atoms with E-state index < -0.39 is 6.04 Å². The van der Waals surface area contributed by atoms with Gasteiger partial charge in [0, 0.05) is 13.1 Å². The Labute approximate surface area is 149 Å². The number of rotatable bonds is 8. The average molecular weight is 338 g/mol. The zero-order valence-electron chi connectivity index (χ0n) is 14.9. The van der Waals surface area contributed by atoms with Crippen molar-refractivity contribution in [1.82, 2.24) is 10.2 Å². The van der Waals surface area contributed by atoms with Crippen LogP contribution in [0.2, 0.25) is 0 Å². The third-order valence-corrected chi connectivity index (χ3v) is 4.11. The summed E-state index contributed by atoms with van der Waals surface area (Å²) in [7, 11) is 0. The molecule has 0 saturated carbocycles. The molecule has 25 heavy (non-hydrogen) atoms. The predicted molar refractivity (Wildman–Crippen MR) is 99.9 cm³/mol. The first-order chi connectivity index (χ1) is 12.1. The zero-order chi connectivity index (χ0) is 18.1. The second-order valence-electron chi connectivity index (χ2n) is 6.14. The summed E-state index contributed by atoms with van der Waals surface area (Å²) in [6.45, 7) is 4.84. The van der Waals surface area contributed by atoms with Crippen LogP contribution in [0.1, 0.15) is 31.4 Å². The van der Waals surface area contributed by atoms with Crippen molar-refractivity contribution in [1.29, 1.82) is 0 Å². The summed E-state index contributed by atoms with van der Waals surface area (Å²) in [5, 5.41) is 2.88. The summed E-state index contributed by atoms with van der Waals surface area (Å²) in [6.07, 6.45) is 1.16. The van der Waals surface area contributed by atoms with E-state index in [0.717, 1.165) is 17.5 Å². The molecule has 0 aliphatic heterocycles. The molecular weight excluding hydrogens is 312 g/mol. The summed E-state index contributed by atoms with van der Waals surface area (Å²) < 4.78 is 0. The molecule has 0 bridgehead atoms. The first-order valence-corrected chi connectivity index (χ1v) is 8.76. The van der Waals surface area contributed by atoms with Gasteiger partial charge < -0.3 is 10.2 Å². The maximum absolute atomic E-state index is 12.9. The number of carbonyl (C=O) groups is 2. The zero-order valence-corrected chi connectivity index (χ0v) is 14.9. The maximum Gasteiger partial charge on any atom is 0.242 e. The fourth-order valence-corrected chi connectivity index (χ4v) is 2.63. The molecule has 1 N–H and O–H groups in total. The molecule has 4 heteroatoms. The smallest absolute Gasteiger partial charge is 0.242 e. The highest BCUT2D eigenvalue weighted by molar-refractivity contribution is 5.88. The summed E-state index contributed by atoms with van der Waals surface area (Å²) in [5.74, 6) is -0.159. The molecule has 0 aliphatic rings. The largest absolute Gasteiger partial charge is 0.354 e. The molecule has 0 aliphatic carbocycles. The van der Waals surface area contributed by atoms with Crippen molar-refractivity contribution in [3.63, 3.8) is 0 Å². The quantitative estimate of drug-likeness (QED) is 0.804. The van der Waals surface area contributed by atoms with Crippen LogP contribution in [0.3, 0.4) is 0 Å². The van der Waals surface area contributed by atoms with E-state index in [1.54, 1.807) is 11.8 Å². The van der Waals surface area contributed by atoms with Crippen molar-refractivity contribution in [3.8, 4) is 0 Å². The minimum absolute atomic E-state index is 0.0470. The van der Waals surface area contributed by atoms with Crippen LogP contribution in [0.25, 0.3) is 0 Å². The van der Waals surface area contributed by atoms with Crippen LogP contribution in [-0.4, -0.2) is 29.3 Å². The molecule has 0 spiro atoms. The minimum atomic E-state index is -0.511. The molecule has 0 heterocycles. The number of carbonyl (C=O) groups excluding carboxylic acids is 2. The number of amides is 2. The third kappa shape index (κ3) is 5.75. The molecule has 2 aromatic carbocycles. The summed E-state index contributed by atoms with van der Waals surface area (Å²) in [4.78, 5) is 26.9. The Balaban J connectivity index is 2.15. The lowest BCUT2D eigenvalue weighted by Gasteiger charge is -2.29. The lowest BCUT2D eigenvalue weighted by atomic mass is 10.1. The van der Waals surface area contributed by atoms with E-state index in [9.17, 15) is 9.59 Å². The number of nitrogens with zero attached hydrogens (tertiary/aromatic N) is 1. The second kappa shape index (κ2) is 9.62. The topological polar surface area (TPSA) is 49.4 Å². The van der Waals surface area contributed by atoms with Crippen molar-refractivity contribution >= 4 is 11.8 Å². The van der Waals surface area contributed by atoms with Crippen LogP contribution in [0.5, 0.6) is 0 Å². The van der Waals surface area contributed by atoms with Gasteiger partial charge in [-0.05, 0) is 24.5 Å². The number of hydrogen-bond acceptors (Lipinski definition) is 2. The van der Waals surface area contributed by atoms with Gasteiger partial charge >= 0.3 is 0 Å². The fourth-order valence-electron chi connectivity index (χ4n) is 2.63. The molecule has 1 atom stereocenters. The van der Waals surface area contributed by atoms with Crippen LogP contribution in [0.4, 0.5) is 0 Å². The average Bonchev–Trinajstić information content (AvgIpc) is 2.65. The second-order valence-corrected chi connectivity index (χ2v) is 6.14. The summed E-state index contributed by atoms with van der Waals surface area (Å²) in [5.41, 5.74) is 1.96. The van der Waals surface area contributed by atoms with Gasteiger partial charge in [0.15, 0.2) is 0 Å². The molecule has 0 aromatic heterocycles. The van der Waals surface area contributed by atoms with E-state index in [1.165, 1.54) is 0 Å². The van der Waals surface area contributed by atoms with E-state index in [0.29, 0.717) is 19.5 Å². The molecule has 0 fully saturated rings. The summed E-state index contributed by atoms with van der Waals surface area (Å²) >= 11 is 0. The Hall–Kier alpha value is -2.62. The van der Waals surface area contributed by atoms with Crippen molar-refractivity contribution in [2.75, 3.05) is 6.54 Å². The highest BCUT2D eigenvalue weighted by atomic mass is 16.2. The number of hydrogen-bond donors (Lipinski definition) is 1. The molecule has 0 saturated heterocycles. The van der Waals surface area contributed by atoms with Gasteiger partial charge in [0.25, 0.3) is 0 Å². The van der Waals surface area contributed by atoms with Gasteiger partial charge in [0.05, 0.1) is 6.42 Å². The van der Waals surface area contributed by atoms with Gasteiger partial charge in [-0.1, -0.05) is 67.6 Å². The standard InChI is InChI=1S/C21H26N2O2/c1-3-14-22-21(25)17(2)23(16-19-12-8-5-9-13-19)20(24)15-18-10-6-4-7-11-18/h4-13,17H,3,14-16H2,1-2H3,(H,22,25)/t17-/m1/s1. The molecule has 0 radical (unpaired) electrons. The Morgan fingerprint density at radius 1 is 0.960 bits per heavy atom. The van der Waals surface area contributed by atoms with Crippen molar-refractivity contribution in [2.24, 2.45) is 0 Å². The Morgan fingerprint density at radius 3 is 2.08 bits per heavy atom. The van der Waals surface area contributed by atoms with Crippen molar-refractivity contribution < 1.29 is 9.59 Å². The van der Waals surface area contributed by atoms with E-state index >= 15 is 0 Å². The Morgan fingerprint density at radius 2 is 1.52 bits per heavy atom. The first-order valence-electron chi connectivity index (χ1n) is 8.76. The predicted octanol–water partition coefficient (Wildman–Crippen LogP) is 3.17. The SMILES string of the molecule is CCCNC(=O)[C@@H](C)N(Cc1ccccc1)C(=O)Cc1ccccc1. The normalized spacial score (nSPS) is 11.6. The molecule has 4 nitrogen and oxygen atoms in total. The monoisotopic (exact) mass is 338 g/mol. The minimum Gasteiger partial charge on any atom is -0.354 e. The highest BCUT2D eigenvalue weighted by Crippen LogP contribution is 2.12. The molecule has 2 amide bonds. The van der Waals surface area contributed by atoms with E-state index in [-0.39, 0.29) is 11.8 Å². The first kappa shape index (κ1) is 18.7. The molecule has 2 aromatic rings. The Bertz CT molecular complexity index is 671. The van der Waals surface area contributed by atoms with E-state index in [4.69, 9.17) is 0 Å². The highest BCUT2D eigenvalue weighted by Gasteiger charge is 2.25. The van der Waals surface area contributed by atoms with E-state index in [2.05, 4.69) is 5.32 Å². The van der Waals surface area contributed by atoms with Gasteiger partial charge in [-0.15, -0.1) is 0 Å². The molecular formula is C21H26N2O2. The van der Waals surface area contributed by atoms with Crippen molar-refractivity contribution in [3.05, 3.63) is 71.8 Å². The van der Waals surface area contributed by atoms with Gasteiger partial charge in [-0.3, -0.25) is 9.59 Å². The molecule has 2 rings (SSSR count). The van der Waals surface area contributed by atoms with Gasteiger partial charge in [0.1, 0.15) is 6.04 Å². The van der Waals surface area contributed by atoms with Crippen LogP contribution in [0.15, 0.2) is 60.7 Å². The van der Waals surface area contributed by atoms with Gasteiger partial charge in [0.2, 0.25) is 11.8 Å². The molecule has 0 unspecified atom stereocenters. The summed E-state index contributed by atoms with van der Waals surface area (Å²) in [6, 6.07) is 18.9. The van der Waals surface area contributed by atoms with Crippen LogP contribution < -0.4 is 5.32 Å². The maximum atomic E-state index is 12.9. The fraction of sp³-hybridized carbons (Fsp3) is 0.333. The number of nitrogens with one attached hydrogen (secondary N) is 1. The van der Waals surface area contributed by atoms with Crippen LogP contribution >= 0.6 is 0 Å². The third-order valence-electron chi connectivity index (χ3n) is 4.11. The van der Waals surface area contributed by atoms with Crippen molar-refractivity contribution in [2.45, 2.75) is 39.3 Å². The van der Waals surface area contributed by atoms with Gasteiger partial charge in [-0.25, -0.2) is 0 Å². The Kier molecular flexibility index (Phi) is 7.20.